The van der Waals surface area contributed by atoms with E-state index in [1.54, 1.807) is 19.1 Å². The second-order valence-corrected chi connectivity index (χ2v) is 7.80. The van der Waals surface area contributed by atoms with Gasteiger partial charge >= 0.3 is 5.97 Å². The first kappa shape index (κ1) is 18.8. The van der Waals surface area contributed by atoms with Crippen molar-refractivity contribution >= 4 is 0 Å². The molecule has 126 valence electrons. The predicted octanol–water partition coefficient (Wildman–Crippen LogP) is 4.07. The van der Waals surface area contributed by atoms with E-state index in [1.807, 2.05) is 41.5 Å². The van der Waals surface area contributed by atoms with Gasteiger partial charge in [0.2, 0.25) is 0 Å². The van der Waals surface area contributed by atoms with Crippen molar-refractivity contribution in [3.63, 3.8) is 0 Å². The van der Waals surface area contributed by atoms with Gasteiger partial charge in [-0.15, -0.1) is 0 Å². The molecule has 0 aliphatic heterocycles. The molecule has 2 N–H and O–H groups in total. The minimum Gasteiger partial charge on any atom is -0.507 e. The number of aromatic hydroxyl groups is 1. The van der Waals surface area contributed by atoms with Crippen LogP contribution in [0.2, 0.25) is 0 Å². The summed E-state index contributed by atoms with van der Waals surface area (Å²) in [5, 5.41) is 20.8. The fourth-order valence-electron chi connectivity index (χ4n) is 2.33. The van der Waals surface area contributed by atoms with Gasteiger partial charge in [-0.05, 0) is 29.9 Å². The van der Waals surface area contributed by atoms with E-state index in [2.05, 4.69) is 0 Å². The molecule has 0 aromatic heterocycles. The maximum Gasteiger partial charge on any atom is 0.321 e. The molecule has 1 rings (SSSR count). The summed E-state index contributed by atoms with van der Waals surface area (Å²) in [6.07, 6.45) is 0. The van der Waals surface area contributed by atoms with Gasteiger partial charge < -0.3 is 19.7 Å². The number of hydrogen-bond donors (Lipinski definition) is 2. The molecule has 0 aliphatic carbocycles. The van der Waals surface area contributed by atoms with Crippen LogP contribution in [-0.4, -0.2) is 22.8 Å². The van der Waals surface area contributed by atoms with E-state index in [-0.39, 0.29) is 16.6 Å². The third-order valence-corrected chi connectivity index (χ3v) is 3.42. The number of ether oxygens (including phenoxy) is 2. The Morgan fingerprint density at radius 3 is 1.64 bits per heavy atom. The Morgan fingerprint density at radius 2 is 1.32 bits per heavy atom. The molecule has 4 nitrogen and oxygen atoms in total. The molecule has 0 fully saturated rings. The molecule has 1 aromatic rings. The van der Waals surface area contributed by atoms with Crippen molar-refractivity contribution < 1.29 is 19.7 Å². The highest BCUT2D eigenvalue weighted by molar-refractivity contribution is 5.52. The molecule has 0 radical (unpaired) electrons. The standard InChI is InChI=1S/C18H30O4/c1-9-21-18(8,20)22-12-10-13(16(2,3)4)15(19)14(11-12)17(5,6)7/h10-11,19-20H,9H2,1-8H3. The van der Waals surface area contributed by atoms with Crippen LogP contribution in [0.15, 0.2) is 12.1 Å². The van der Waals surface area contributed by atoms with Gasteiger partial charge in [0.25, 0.3) is 0 Å². The number of benzene rings is 1. The molecule has 0 bridgehead atoms. The lowest BCUT2D eigenvalue weighted by atomic mass is 9.79. The van der Waals surface area contributed by atoms with E-state index in [9.17, 15) is 10.2 Å². The molecular formula is C18H30O4. The van der Waals surface area contributed by atoms with Crippen LogP contribution in [0.1, 0.15) is 66.5 Å². The topological polar surface area (TPSA) is 58.9 Å². The van der Waals surface area contributed by atoms with Gasteiger partial charge in [-0.2, -0.15) is 0 Å². The normalized spacial score (nSPS) is 15.5. The molecule has 4 heteroatoms. The number of phenols is 1. The van der Waals surface area contributed by atoms with Gasteiger partial charge in [-0.3, -0.25) is 0 Å². The molecule has 0 saturated carbocycles. The maximum absolute atomic E-state index is 10.6. The average molecular weight is 310 g/mol. The third-order valence-electron chi connectivity index (χ3n) is 3.42. The Balaban J connectivity index is 3.42. The first-order valence-corrected chi connectivity index (χ1v) is 7.71. The van der Waals surface area contributed by atoms with Gasteiger partial charge in [0.15, 0.2) is 0 Å². The monoisotopic (exact) mass is 310 g/mol. The Morgan fingerprint density at radius 1 is 0.909 bits per heavy atom. The van der Waals surface area contributed by atoms with Crippen molar-refractivity contribution in [2.45, 2.75) is 72.2 Å². The summed E-state index contributed by atoms with van der Waals surface area (Å²) in [5.41, 5.74) is 1.06. The summed E-state index contributed by atoms with van der Waals surface area (Å²) in [4.78, 5) is 0. The molecule has 0 amide bonds. The van der Waals surface area contributed by atoms with Gasteiger partial charge in [0.1, 0.15) is 11.5 Å². The second kappa shape index (κ2) is 6.09. The highest BCUT2D eigenvalue weighted by Gasteiger charge is 2.29. The Labute approximate surface area is 134 Å². The summed E-state index contributed by atoms with van der Waals surface area (Å²) < 4.78 is 10.8. The molecule has 0 aliphatic rings. The van der Waals surface area contributed by atoms with E-state index in [0.717, 1.165) is 11.1 Å². The minimum atomic E-state index is -1.70. The molecule has 1 aromatic carbocycles. The van der Waals surface area contributed by atoms with Crippen LogP contribution in [0, 0.1) is 0 Å². The molecule has 0 saturated heterocycles. The highest BCUT2D eigenvalue weighted by atomic mass is 16.8. The Kier molecular flexibility index (Phi) is 5.20. The summed E-state index contributed by atoms with van der Waals surface area (Å²) in [6.45, 7) is 15.7. The summed E-state index contributed by atoms with van der Waals surface area (Å²) >= 11 is 0. The first-order chi connectivity index (χ1) is 9.78. The van der Waals surface area contributed by atoms with Crippen LogP contribution in [0.4, 0.5) is 0 Å². The fourth-order valence-corrected chi connectivity index (χ4v) is 2.33. The first-order valence-electron chi connectivity index (χ1n) is 7.71. The zero-order valence-corrected chi connectivity index (χ0v) is 15.1. The summed E-state index contributed by atoms with van der Waals surface area (Å²) in [6, 6.07) is 3.52. The van der Waals surface area contributed by atoms with Crippen LogP contribution in [-0.2, 0) is 15.6 Å². The number of aliphatic hydroxyl groups is 1. The van der Waals surface area contributed by atoms with E-state index < -0.39 is 5.97 Å². The average Bonchev–Trinajstić information content (AvgIpc) is 2.27. The minimum absolute atomic E-state index is 0.249. The van der Waals surface area contributed by atoms with Gasteiger partial charge in [0.05, 0.1) is 6.61 Å². The fraction of sp³-hybridized carbons (Fsp3) is 0.667. The van der Waals surface area contributed by atoms with E-state index >= 15 is 0 Å². The molecule has 1 unspecified atom stereocenters. The number of rotatable bonds is 4. The van der Waals surface area contributed by atoms with Gasteiger partial charge in [-0.25, -0.2) is 0 Å². The quantitative estimate of drug-likeness (QED) is 0.823. The number of phenolic OH excluding ortho intramolecular Hbond substituents is 1. The summed E-state index contributed by atoms with van der Waals surface area (Å²) in [5.74, 6) is -0.940. The van der Waals surface area contributed by atoms with Crippen LogP contribution in [0.25, 0.3) is 0 Å². The van der Waals surface area contributed by atoms with Crippen LogP contribution in [0.5, 0.6) is 11.5 Å². The molecule has 22 heavy (non-hydrogen) atoms. The van der Waals surface area contributed by atoms with Crippen molar-refractivity contribution in [1.29, 1.82) is 0 Å². The lowest BCUT2D eigenvalue weighted by Gasteiger charge is -2.30. The van der Waals surface area contributed by atoms with Crippen molar-refractivity contribution in [3.8, 4) is 11.5 Å². The maximum atomic E-state index is 10.6. The smallest absolute Gasteiger partial charge is 0.321 e. The molecule has 0 spiro atoms. The van der Waals surface area contributed by atoms with E-state index in [4.69, 9.17) is 9.47 Å². The molecular weight excluding hydrogens is 280 g/mol. The highest BCUT2D eigenvalue weighted by Crippen LogP contribution is 2.42. The Bertz CT molecular complexity index is 484. The zero-order chi connectivity index (χ0) is 17.3. The van der Waals surface area contributed by atoms with Crippen molar-refractivity contribution in [1.82, 2.24) is 0 Å². The van der Waals surface area contributed by atoms with Crippen molar-refractivity contribution in [3.05, 3.63) is 23.3 Å². The zero-order valence-electron chi connectivity index (χ0n) is 15.1. The number of hydrogen-bond acceptors (Lipinski definition) is 4. The van der Waals surface area contributed by atoms with Crippen molar-refractivity contribution in [2.24, 2.45) is 0 Å². The third kappa shape index (κ3) is 4.62. The van der Waals surface area contributed by atoms with Crippen molar-refractivity contribution in [2.75, 3.05) is 6.61 Å². The lowest BCUT2D eigenvalue weighted by molar-refractivity contribution is -0.305. The van der Waals surface area contributed by atoms with E-state index in [1.165, 1.54) is 6.92 Å². The predicted molar refractivity (Wildman–Crippen MR) is 88.4 cm³/mol. The second-order valence-electron chi connectivity index (χ2n) is 7.80. The van der Waals surface area contributed by atoms with E-state index in [0.29, 0.717) is 12.4 Å². The molecule has 0 heterocycles. The van der Waals surface area contributed by atoms with Crippen LogP contribution >= 0.6 is 0 Å². The van der Waals surface area contributed by atoms with Crippen LogP contribution < -0.4 is 4.74 Å². The lowest BCUT2D eigenvalue weighted by Crippen LogP contribution is -2.35. The van der Waals surface area contributed by atoms with Crippen LogP contribution in [0.3, 0.4) is 0 Å². The SMILES string of the molecule is CCOC(C)(O)Oc1cc(C(C)(C)C)c(O)c(C(C)(C)C)c1. The Hall–Kier alpha value is -1.26. The largest absolute Gasteiger partial charge is 0.507 e. The van der Waals surface area contributed by atoms with Gasteiger partial charge in [0, 0.05) is 18.1 Å². The summed E-state index contributed by atoms with van der Waals surface area (Å²) in [7, 11) is 0. The van der Waals surface area contributed by atoms with Gasteiger partial charge in [-0.1, -0.05) is 41.5 Å². The molecule has 1 atom stereocenters.